The summed E-state index contributed by atoms with van der Waals surface area (Å²) in [4.78, 5) is 0. The van der Waals surface area contributed by atoms with Crippen LogP contribution in [0.4, 0.5) is 0 Å². The molecule has 0 spiro atoms. The van der Waals surface area contributed by atoms with E-state index in [1.165, 1.54) is 38.5 Å². The van der Waals surface area contributed by atoms with Crippen LogP contribution < -0.4 is 5.73 Å². The van der Waals surface area contributed by atoms with Gasteiger partial charge in [-0.3, -0.25) is 0 Å². The standard InChI is InChI=1S/C15H21N5/c16-11-12-7-9-13(10-8-12)15-17-18-19-20(15)14-5-3-1-2-4-6-14/h7-10,14H,1-6,11,16H2. The van der Waals surface area contributed by atoms with Crippen molar-refractivity contribution in [2.75, 3.05) is 0 Å². The lowest BCUT2D eigenvalue weighted by atomic mass is 10.1. The van der Waals surface area contributed by atoms with Crippen molar-refractivity contribution in [3.05, 3.63) is 29.8 Å². The molecule has 0 bridgehead atoms. The summed E-state index contributed by atoms with van der Waals surface area (Å²) in [6, 6.07) is 8.64. The quantitative estimate of drug-likeness (QED) is 0.871. The first kappa shape index (κ1) is 13.2. The first-order valence-corrected chi connectivity index (χ1v) is 7.46. The zero-order chi connectivity index (χ0) is 13.8. The third kappa shape index (κ3) is 2.72. The van der Waals surface area contributed by atoms with Crippen LogP contribution in [0.25, 0.3) is 11.4 Å². The highest BCUT2D eigenvalue weighted by atomic mass is 15.5. The Hall–Kier alpha value is -1.75. The molecule has 0 radical (unpaired) electrons. The smallest absolute Gasteiger partial charge is 0.182 e. The Morgan fingerprint density at radius 2 is 1.75 bits per heavy atom. The van der Waals surface area contributed by atoms with Crippen molar-refractivity contribution in [1.29, 1.82) is 0 Å². The van der Waals surface area contributed by atoms with Crippen LogP contribution in [-0.2, 0) is 6.54 Å². The highest BCUT2D eigenvalue weighted by Gasteiger charge is 2.19. The molecule has 1 saturated carbocycles. The monoisotopic (exact) mass is 271 g/mol. The summed E-state index contributed by atoms with van der Waals surface area (Å²) in [5, 5.41) is 12.3. The van der Waals surface area contributed by atoms with Crippen molar-refractivity contribution in [3.63, 3.8) is 0 Å². The van der Waals surface area contributed by atoms with Gasteiger partial charge in [-0.15, -0.1) is 5.10 Å². The van der Waals surface area contributed by atoms with Crippen molar-refractivity contribution in [1.82, 2.24) is 20.2 Å². The number of hydrogen-bond donors (Lipinski definition) is 1. The van der Waals surface area contributed by atoms with E-state index in [2.05, 4.69) is 27.7 Å². The molecule has 5 heteroatoms. The van der Waals surface area contributed by atoms with Gasteiger partial charge in [-0.25, -0.2) is 4.68 Å². The van der Waals surface area contributed by atoms with Crippen molar-refractivity contribution < 1.29 is 0 Å². The molecule has 0 aliphatic heterocycles. The Balaban J connectivity index is 1.88. The summed E-state index contributed by atoms with van der Waals surface area (Å²) < 4.78 is 2.02. The molecule has 0 saturated heterocycles. The fraction of sp³-hybridized carbons (Fsp3) is 0.533. The summed E-state index contributed by atoms with van der Waals surface area (Å²) in [6.07, 6.45) is 7.57. The molecule has 0 atom stereocenters. The van der Waals surface area contributed by atoms with E-state index in [-0.39, 0.29) is 0 Å². The Morgan fingerprint density at radius 1 is 1.05 bits per heavy atom. The topological polar surface area (TPSA) is 69.6 Å². The maximum Gasteiger partial charge on any atom is 0.182 e. The number of aromatic nitrogens is 4. The maximum absolute atomic E-state index is 5.64. The number of nitrogens with zero attached hydrogens (tertiary/aromatic N) is 4. The van der Waals surface area contributed by atoms with Gasteiger partial charge in [0.05, 0.1) is 6.04 Å². The van der Waals surface area contributed by atoms with E-state index in [0.717, 1.165) is 17.0 Å². The van der Waals surface area contributed by atoms with Crippen molar-refractivity contribution >= 4 is 0 Å². The lowest BCUT2D eigenvalue weighted by Gasteiger charge is -2.15. The molecule has 106 valence electrons. The van der Waals surface area contributed by atoms with Crippen molar-refractivity contribution in [2.24, 2.45) is 5.73 Å². The fourth-order valence-electron chi connectivity index (χ4n) is 2.92. The van der Waals surface area contributed by atoms with Gasteiger partial charge < -0.3 is 5.73 Å². The summed E-state index contributed by atoms with van der Waals surface area (Å²) >= 11 is 0. The largest absolute Gasteiger partial charge is 0.326 e. The average Bonchev–Trinajstić information content (AvgIpc) is 2.83. The Labute approximate surface area is 119 Å². The molecular formula is C15H21N5. The van der Waals surface area contributed by atoms with Gasteiger partial charge in [0.1, 0.15) is 0 Å². The molecule has 0 amide bonds. The van der Waals surface area contributed by atoms with E-state index in [1.54, 1.807) is 0 Å². The first-order valence-electron chi connectivity index (χ1n) is 7.46. The van der Waals surface area contributed by atoms with Crippen LogP contribution in [0.15, 0.2) is 24.3 Å². The molecular weight excluding hydrogens is 250 g/mol. The molecule has 2 aromatic rings. The second-order valence-electron chi connectivity index (χ2n) is 5.49. The molecule has 3 rings (SSSR count). The average molecular weight is 271 g/mol. The lowest BCUT2D eigenvalue weighted by molar-refractivity contribution is 0.400. The van der Waals surface area contributed by atoms with Gasteiger partial charge in [0.2, 0.25) is 0 Å². The second-order valence-corrected chi connectivity index (χ2v) is 5.49. The molecule has 1 aromatic heterocycles. The minimum absolute atomic E-state index is 0.441. The molecule has 0 unspecified atom stereocenters. The Kier molecular flexibility index (Phi) is 4.06. The maximum atomic E-state index is 5.64. The Bertz CT molecular complexity index is 538. The van der Waals surface area contributed by atoms with Crippen LogP contribution in [0.2, 0.25) is 0 Å². The van der Waals surface area contributed by atoms with E-state index in [4.69, 9.17) is 5.73 Å². The molecule has 2 N–H and O–H groups in total. The predicted molar refractivity (Wildman–Crippen MR) is 77.9 cm³/mol. The molecule has 1 fully saturated rings. The SMILES string of the molecule is NCc1ccc(-c2nnnn2C2CCCCCC2)cc1. The summed E-state index contributed by atoms with van der Waals surface area (Å²) in [7, 11) is 0. The summed E-state index contributed by atoms with van der Waals surface area (Å²) in [5.74, 6) is 0.875. The lowest BCUT2D eigenvalue weighted by Crippen LogP contribution is -2.11. The van der Waals surface area contributed by atoms with Gasteiger partial charge in [-0.2, -0.15) is 0 Å². The van der Waals surface area contributed by atoms with Gasteiger partial charge in [-0.1, -0.05) is 49.9 Å². The van der Waals surface area contributed by atoms with Gasteiger partial charge in [-0.05, 0) is 28.8 Å². The summed E-state index contributed by atoms with van der Waals surface area (Å²) in [5.41, 5.74) is 7.83. The van der Waals surface area contributed by atoms with Crippen LogP contribution in [0.5, 0.6) is 0 Å². The van der Waals surface area contributed by atoms with Gasteiger partial charge in [0.25, 0.3) is 0 Å². The minimum atomic E-state index is 0.441. The first-order chi connectivity index (χ1) is 9.88. The highest BCUT2D eigenvalue weighted by Crippen LogP contribution is 2.29. The fourth-order valence-corrected chi connectivity index (χ4v) is 2.92. The third-order valence-corrected chi connectivity index (χ3v) is 4.11. The van der Waals surface area contributed by atoms with E-state index in [0.29, 0.717) is 12.6 Å². The van der Waals surface area contributed by atoms with E-state index in [9.17, 15) is 0 Å². The Morgan fingerprint density at radius 3 is 2.40 bits per heavy atom. The zero-order valence-corrected chi connectivity index (χ0v) is 11.7. The number of tetrazole rings is 1. The minimum Gasteiger partial charge on any atom is -0.326 e. The molecule has 1 aromatic carbocycles. The van der Waals surface area contributed by atoms with Crippen LogP contribution >= 0.6 is 0 Å². The number of hydrogen-bond acceptors (Lipinski definition) is 4. The van der Waals surface area contributed by atoms with E-state index in [1.807, 2.05) is 16.8 Å². The third-order valence-electron chi connectivity index (χ3n) is 4.11. The van der Waals surface area contributed by atoms with Crippen LogP contribution in [0, 0.1) is 0 Å². The number of rotatable bonds is 3. The van der Waals surface area contributed by atoms with Crippen LogP contribution in [-0.4, -0.2) is 20.2 Å². The highest BCUT2D eigenvalue weighted by molar-refractivity contribution is 5.55. The summed E-state index contributed by atoms with van der Waals surface area (Å²) in [6.45, 7) is 0.563. The zero-order valence-electron chi connectivity index (χ0n) is 11.7. The van der Waals surface area contributed by atoms with Crippen molar-refractivity contribution in [3.8, 4) is 11.4 Å². The molecule has 20 heavy (non-hydrogen) atoms. The second kappa shape index (κ2) is 6.13. The number of benzene rings is 1. The number of nitrogens with two attached hydrogens (primary N) is 1. The van der Waals surface area contributed by atoms with Crippen molar-refractivity contribution in [2.45, 2.75) is 51.1 Å². The van der Waals surface area contributed by atoms with Gasteiger partial charge in [0, 0.05) is 12.1 Å². The molecule has 1 heterocycles. The predicted octanol–water partition coefficient (Wildman–Crippen LogP) is 2.69. The molecule has 5 nitrogen and oxygen atoms in total. The van der Waals surface area contributed by atoms with Crippen LogP contribution in [0.3, 0.4) is 0 Å². The molecule has 1 aliphatic rings. The van der Waals surface area contributed by atoms with Gasteiger partial charge >= 0.3 is 0 Å². The van der Waals surface area contributed by atoms with E-state index < -0.39 is 0 Å². The van der Waals surface area contributed by atoms with Gasteiger partial charge in [0.15, 0.2) is 5.82 Å². The normalized spacial score (nSPS) is 17.1. The van der Waals surface area contributed by atoms with Crippen LogP contribution in [0.1, 0.15) is 50.1 Å². The van der Waals surface area contributed by atoms with E-state index >= 15 is 0 Å². The molecule has 1 aliphatic carbocycles.